The van der Waals surface area contributed by atoms with Crippen molar-refractivity contribution in [1.82, 2.24) is 0 Å². The van der Waals surface area contributed by atoms with Crippen LogP contribution in [0.3, 0.4) is 0 Å². The normalized spacial score (nSPS) is 2.50. The molecular weight excluding hydrogens is 308 g/mol. The Hall–Kier alpha value is 2.44. The molecule has 0 aliphatic carbocycles. The summed E-state index contributed by atoms with van der Waals surface area (Å²) < 4.78 is 8.17. The van der Waals surface area contributed by atoms with E-state index in [2.05, 4.69) is 0 Å². The molecule has 0 aliphatic rings. The number of hydrogen-bond donors (Lipinski definition) is 0. The van der Waals surface area contributed by atoms with Gasteiger partial charge in [-0.25, -0.2) is 0 Å². The maximum atomic E-state index is 8.17. The summed E-state index contributed by atoms with van der Waals surface area (Å²) >= 11 is 1.99. The second-order valence-electron chi connectivity index (χ2n) is 0. The fraction of sp³-hybridized carbons (Fsp3) is 0. The van der Waals surface area contributed by atoms with E-state index >= 15 is 0 Å². The Labute approximate surface area is 72.1 Å². The quantitative estimate of drug-likeness (QED) is 0.639. The minimum atomic E-state index is 0.822. The van der Waals surface area contributed by atoms with Gasteiger partial charge in [-0.3, -0.25) is 0 Å². The first-order valence-electron chi connectivity index (χ1n) is 0.336. The summed E-state index contributed by atoms with van der Waals surface area (Å²) in [5.74, 6) is 0. The van der Waals surface area contributed by atoms with Crippen LogP contribution in [-0.2, 0) is 31.1 Å². The molecule has 0 saturated heterocycles. The van der Waals surface area contributed by atoms with E-state index in [1.807, 2.05) is 0 Å². The zero-order valence-electron chi connectivity index (χ0n) is 1.65. The summed E-state index contributed by atoms with van der Waals surface area (Å²) in [6.07, 6.45) is 0. The summed E-state index contributed by atoms with van der Waals surface area (Å²) in [5.41, 5.74) is 0. The van der Waals surface area contributed by atoms with Crippen LogP contribution < -0.4 is 0 Å². The average Bonchev–Trinajstić information content (AvgIpc) is 1.50. The first-order valence-corrected chi connectivity index (χ1v) is 4.75. The average molecular weight is 308 g/mol. The number of rotatable bonds is 0. The molecular formula is ClErOY. The predicted octanol–water partition coefficient (Wildman–Crippen LogP) is 0.568. The van der Waals surface area contributed by atoms with Gasteiger partial charge in [0.05, 0.1) is 0 Å². The van der Waals surface area contributed by atoms with E-state index < -0.39 is 0 Å². The van der Waals surface area contributed by atoms with Gasteiger partial charge in [-0.2, -0.15) is 0 Å². The summed E-state index contributed by atoms with van der Waals surface area (Å²) in [7, 11) is 4.77. The third-order valence-corrected chi connectivity index (χ3v) is 0. The fourth-order valence-corrected chi connectivity index (χ4v) is 0. The van der Waals surface area contributed by atoms with E-state index in [9.17, 15) is 0 Å². The van der Waals surface area contributed by atoms with Crippen molar-refractivity contribution in [3.8, 4) is 0 Å². The number of halogens is 1. The van der Waals surface area contributed by atoms with Crippen LogP contribution in [0, 0.1) is 35.5 Å². The molecule has 0 aromatic carbocycles. The van der Waals surface area contributed by atoms with Gasteiger partial charge in [0, 0.05) is 0 Å². The molecule has 0 amide bonds. The van der Waals surface area contributed by atoms with Crippen molar-refractivity contribution in [2.45, 2.75) is 0 Å². The van der Waals surface area contributed by atoms with Gasteiger partial charge in [0.15, 0.2) is 0 Å². The van der Waals surface area contributed by atoms with Crippen LogP contribution in [0.15, 0.2) is 0 Å². The topological polar surface area (TPSA) is 17.1 Å². The maximum absolute atomic E-state index is 8.17. The molecule has 0 aliphatic heterocycles. The molecule has 0 radical (unpaired) electrons. The molecule has 0 rings (SSSR count). The third kappa shape index (κ3) is 8.83. The van der Waals surface area contributed by atoms with E-state index in [-0.39, 0.29) is 0 Å². The Balaban J connectivity index is 0. The standard InChI is InChI=1S/ClH.Er.O.Y/h1H;;;/q;;;+1/p-1. The van der Waals surface area contributed by atoms with E-state index in [1.54, 1.807) is 0 Å². The van der Waals surface area contributed by atoms with Crippen LogP contribution in [0.1, 0.15) is 0 Å². The van der Waals surface area contributed by atoms with Crippen molar-refractivity contribution in [2.24, 2.45) is 0 Å². The second kappa shape index (κ2) is 18.0. The van der Waals surface area contributed by atoms with Crippen molar-refractivity contribution in [1.29, 1.82) is 0 Å². The van der Waals surface area contributed by atoms with Crippen molar-refractivity contribution in [3.05, 3.63) is 0 Å². The van der Waals surface area contributed by atoms with E-state index in [0.717, 1.165) is 29.6 Å². The molecule has 0 spiro atoms. The SMILES string of the molecule is [Cl][Y].[O]=[Er]. The van der Waals surface area contributed by atoms with E-state index in [0.29, 0.717) is 0 Å². The van der Waals surface area contributed by atoms with Crippen molar-refractivity contribution in [3.63, 3.8) is 0 Å². The Morgan fingerprint density at radius 2 is 1.50 bits per heavy atom. The number of hydrogen-bond acceptors (Lipinski definition) is 1. The molecule has 0 atom stereocenters. The zero-order valence-corrected chi connectivity index (χ0v) is 7.10. The van der Waals surface area contributed by atoms with Crippen molar-refractivity contribution >= 4 is 7.33 Å². The molecule has 0 aromatic rings. The Bertz CT molecular complexity index is 8.00. The van der Waals surface area contributed by atoms with Gasteiger partial charge < -0.3 is 0 Å². The molecule has 28 valence electrons. The van der Waals surface area contributed by atoms with Crippen LogP contribution in [-0.4, -0.2) is 0 Å². The Morgan fingerprint density at radius 1 is 1.50 bits per heavy atom. The monoisotopic (exact) mass is 306 g/mol. The van der Waals surface area contributed by atoms with Crippen LogP contribution in [0.2, 0.25) is 0 Å². The van der Waals surface area contributed by atoms with E-state index in [4.69, 9.17) is 8.81 Å². The molecule has 1 nitrogen and oxygen atoms in total. The molecule has 0 unspecified atom stereocenters. The molecule has 0 N–H and O–H groups in total. The molecule has 0 aromatic heterocycles. The van der Waals surface area contributed by atoms with Crippen molar-refractivity contribution < 1.29 is 66.5 Å². The van der Waals surface area contributed by atoms with Crippen LogP contribution in [0.4, 0.5) is 0 Å². The summed E-state index contributed by atoms with van der Waals surface area (Å²) in [6, 6.07) is 0. The van der Waals surface area contributed by atoms with Crippen molar-refractivity contribution in [2.75, 3.05) is 0 Å². The van der Waals surface area contributed by atoms with Crippen LogP contribution in [0.25, 0.3) is 0 Å². The van der Waals surface area contributed by atoms with Gasteiger partial charge >= 0.3 is 73.9 Å². The molecule has 0 heterocycles. The predicted molar refractivity (Wildman–Crippen MR) is 6.54 cm³/mol. The third-order valence-electron chi connectivity index (χ3n) is 0. The Kier molecular flexibility index (Phi) is 43.5. The van der Waals surface area contributed by atoms with Crippen LogP contribution in [0.5, 0.6) is 0 Å². The zero-order chi connectivity index (χ0) is 4.00. The van der Waals surface area contributed by atoms with Crippen LogP contribution >= 0.6 is 7.33 Å². The minimum absolute atomic E-state index is 0.822. The second-order valence-corrected chi connectivity index (χ2v) is 0. The molecule has 4 heavy (non-hydrogen) atoms. The summed E-state index contributed by atoms with van der Waals surface area (Å²) in [6.45, 7) is 0. The molecule has 4 heteroatoms. The summed E-state index contributed by atoms with van der Waals surface area (Å²) in [5, 5.41) is 0. The van der Waals surface area contributed by atoms with E-state index in [1.165, 1.54) is 35.5 Å². The van der Waals surface area contributed by atoms with Gasteiger partial charge in [0.1, 0.15) is 0 Å². The van der Waals surface area contributed by atoms with Gasteiger partial charge in [0.2, 0.25) is 0 Å². The van der Waals surface area contributed by atoms with Gasteiger partial charge in [-0.15, -0.1) is 0 Å². The Morgan fingerprint density at radius 3 is 1.50 bits per heavy atom. The molecule has 0 fully saturated rings. The first-order chi connectivity index (χ1) is 2.00. The molecule has 0 bridgehead atoms. The first kappa shape index (κ1) is 9.67. The fourth-order valence-electron chi connectivity index (χ4n) is 0. The van der Waals surface area contributed by atoms with Gasteiger partial charge in [-0.05, 0) is 0 Å². The summed E-state index contributed by atoms with van der Waals surface area (Å²) in [4.78, 5) is 0. The van der Waals surface area contributed by atoms with Gasteiger partial charge in [-0.1, -0.05) is 0 Å². The van der Waals surface area contributed by atoms with Gasteiger partial charge in [0.25, 0.3) is 0 Å². The molecule has 0 saturated carbocycles.